The van der Waals surface area contributed by atoms with Crippen molar-refractivity contribution in [2.75, 3.05) is 43.4 Å². The molecular weight excluding hydrogens is 538 g/mol. The third kappa shape index (κ3) is 5.85. The molecule has 2 heterocycles. The summed E-state index contributed by atoms with van der Waals surface area (Å²) in [6.07, 6.45) is 1.44. The molecule has 3 aromatic carbocycles. The van der Waals surface area contributed by atoms with Gasteiger partial charge in [0.1, 0.15) is 0 Å². The summed E-state index contributed by atoms with van der Waals surface area (Å²) in [5.41, 5.74) is 2.07. The number of esters is 1. The molecule has 1 saturated heterocycles. The van der Waals surface area contributed by atoms with E-state index in [4.69, 9.17) is 4.74 Å². The number of carbonyl (C=O) groups excluding carboxylic acids is 5. The molecule has 5 rings (SSSR count). The Kier molecular flexibility index (Phi) is 8.28. The van der Waals surface area contributed by atoms with Crippen molar-refractivity contribution in [3.05, 3.63) is 95.7 Å². The van der Waals surface area contributed by atoms with E-state index < -0.39 is 23.7 Å². The van der Waals surface area contributed by atoms with Crippen LogP contribution in [0.25, 0.3) is 10.9 Å². The second-order valence-corrected chi connectivity index (χ2v) is 9.56. The van der Waals surface area contributed by atoms with Crippen LogP contribution in [0, 0.1) is 0 Å². The number of ether oxygens (including phenoxy) is 1. The number of hydrogen-bond acceptors (Lipinski definition) is 6. The number of aromatic amines is 1. The van der Waals surface area contributed by atoms with E-state index >= 15 is 0 Å². The van der Waals surface area contributed by atoms with E-state index in [2.05, 4.69) is 15.6 Å². The molecule has 0 radical (unpaired) electrons. The normalized spacial score (nSPS) is 13.0. The Bertz CT molecular complexity index is 1660. The van der Waals surface area contributed by atoms with Gasteiger partial charge in [0.15, 0.2) is 0 Å². The summed E-state index contributed by atoms with van der Waals surface area (Å²) < 4.78 is 5.05. The van der Waals surface area contributed by atoms with Crippen molar-refractivity contribution in [1.82, 2.24) is 14.8 Å². The van der Waals surface area contributed by atoms with Gasteiger partial charge >= 0.3 is 12.0 Å². The van der Waals surface area contributed by atoms with Crippen LogP contribution in [0.3, 0.4) is 0 Å². The zero-order chi connectivity index (χ0) is 29.6. The van der Waals surface area contributed by atoms with Crippen LogP contribution in [0.5, 0.6) is 0 Å². The Morgan fingerprint density at radius 3 is 2.14 bits per heavy atom. The first kappa shape index (κ1) is 28.1. The van der Waals surface area contributed by atoms with E-state index in [1.165, 1.54) is 11.1 Å². The number of aromatic nitrogens is 1. The largest absolute Gasteiger partial charge is 0.462 e. The Morgan fingerprint density at radius 2 is 1.40 bits per heavy atom. The van der Waals surface area contributed by atoms with Crippen LogP contribution in [0.2, 0.25) is 0 Å². The van der Waals surface area contributed by atoms with Crippen molar-refractivity contribution in [2.24, 2.45) is 0 Å². The van der Waals surface area contributed by atoms with Crippen LogP contribution in [0.1, 0.15) is 38.0 Å². The van der Waals surface area contributed by atoms with Gasteiger partial charge < -0.3 is 30.2 Å². The number of ketones is 1. The predicted molar refractivity (Wildman–Crippen MR) is 157 cm³/mol. The molecule has 42 heavy (non-hydrogen) atoms. The van der Waals surface area contributed by atoms with Gasteiger partial charge in [-0.3, -0.25) is 14.4 Å². The van der Waals surface area contributed by atoms with Gasteiger partial charge in [-0.25, -0.2) is 9.59 Å². The molecule has 0 saturated carbocycles. The molecule has 4 aromatic rings. The third-order valence-corrected chi connectivity index (χ3v) is 6.95. The number of piperazine rings is 1. The number of fused-ring (bicyclic) bond motifs is 1. The monoisotopic (exact) mass is 567 g/mol. The molecule has 0 bridgehead atoms. The van der Waals surface area contributed by atoms with Gasteiger partial charge in [0, 0.05) is 43.3 Å². The molecule has 1 aliphatic rings. The molecule has 0 spiro atoms. The molecule has 11 heteroatoms. The number of hydrogen-bond donors (Lipinski definition) is 3. The minimum Gasteiger partial charge on any atom is -0.462 e. The van der Waals surface area contributed by atoms with Crippen LogP contribution in [0.15, 0.2) is 79.0 Å². The van der Waals surface area contributed by atoms with Crippen molar-refractivity contribution in [1.29, 1.82) is 0 Å². The number of para-hydroxylation sites is 2. The molecule has 1 fully saturated rings. The molecular formula is C31H29N5O6. The van der Waals surface area contributed by atoms with Gasteiger partial charge in [-0.05, 0) is 37.3 Å². The standard InChI is InChI=1S/C31H29N5O6/c1-2-42-30(40)22-11-6-7-13-24(22)33-31(41)34-25-14-8-12-21-23(19-32-26(21)25)27(37)29(39)36-17-15-35(16-18-36)28(38)20-9-4-3-5-10-20/h3-14,19,32H,2,15-18H2,1H3,(H2,33,34,41). The van der Waals surface area contributed by atoms with Gasteiger partial charge in [-0.2, -0.15) is 0 Å². The average Bonchev–Trinajstić information content (AvgIpc) is 3.46. The van der Waals surface area contributed by atoms with Crippen LogP contribution >= 0.6 is 0 Å². The minimum atomic E-state index is -0.686. The van der Waals surface area contributed by atoms with E-state index in [9.17, 15) is 24.0 Å². The lowest BCUT2D eigenvalue weighted by molar-refractivity contribution is -0.127. The Labute approximate surface area is 241 Å². The second kappa shape index (κ2) is 12.4. The molecule has 0 unspecified atom stereocenters. The van der Waals surface area contributed by atoms with Gasteiger partial charge in [0.25, 0.3) is 17.6 Å². The first-order chi connectivity index (χ1) is 20.4. The van der Waals surface area contributed by atoms with E-state index in [-0.39, 0.29) is 42.4 Å². The molecule has 1 aromatic heterocycles. The first-order valence-corrected chi connectivity index (χ1v) is 13.5. The topological polar surface area (TPSA) is 141 Å². The van der Waals surface area contributed by atoms with Crippen LogP contribution in [-0.2, 0) is 9.53 Å². The van der Waals surface area contributed by atoms with Gasteiger partial charge in [0.2, 0.25) is 0 Å². The smallest absolute Gasteiger partial charge is 0.340 e. The fourth-order valence-electron chi connectivity index (χ4n) is 4.84. The number of urea groups is 1. The number of anilines is 2. The lowest BCUT2D eigenvalue weighted by Crippen LogP contribution is -2.52. The van der Waals surface area contributed by atoms with Gasteiger partial charge in [0.05, 0.1) is 34.6 Å². The molecule has 3 N–H and O–H groups in total. The molecule has 11 nitrogen and oxygen atoms in total. The molecule has 0 aliphatic carbocycles. The van der Waals surface area contributed by atoms with Gasteiger partial charge in [-0.15, -0.1) is 0 Å². The van der Waals surface area contributed by atoms with Crippen molar-refractivity contribution in [2.45, 2.75) is 6.92 Å². The fraction of sp³-hybridized carbons (Fsp3) is 0.194. The van der Waals surface area contributed by atoms with Crippen LogP contribution < -0.4 is 10.6 Å². The summed E-state index contributed by atoms with van der Waals surface area (Å²) in [4.78, 5) is 70.3. The SMILES string of the molecule is CCOC(=O)c1ccccc1NC(=O)Nc1cccc2c(C(=O)C(=O)N3CCN(C(=O)c4ccccc4)CC3)c[nH]c12. The number of amides is 4. The maximum Gasteiger partial charge on any atom is 0.340 e. The number of rotatable bonds is 7. The Balaban J connectivity index is 1.25. The maximum atomic E-state index is 13.2. The van der Waals surface area contributed by atoms with E-state index in [1.807, 2.05) is 6.07 Å². The number of nitrogens with zero attached hydrogens (tertiary/aromatic N) is 2. The summed E-state index contributed by atoms with van der Waals surface area (Å²) in [7, 11) is 0. The van der Waals surface area contributed by atoms with Crippen molar-refractivity contribution in [3.8, 4) is 0 Å². The van der Waals surface area contributed by atoms with Crippen LogP contribution in [-0.4, -0.2) is 77.2 Å². The molecule has 4 amide bonds. The summed E-state index contributed by atoms with van der Waals surface area (Å²) >= 11 is 0. The quantitative estimate of drug-likeness (QED) is 0.174. The van der Waals surface area contributed by atoms with E-state index in [0.29, 0.717) is 35.2 Å². The van der Waals surface area contributed by atoms with Crippen LogP contribution in [0.4, 0.5) is 16.2 Å². The highest BCUT2D eigenvalue weighted by Gasteiger charge is 2.30. The minimum absolute atomic E-state index is 0.112. The van der Waals surface area contributed by atoms with Crippen molar-refractivity contribution >= 4 is 51.9 Å². The van der Waals surface area contributed by atoms with Crippen molar-refractivity contribution in [3.63, 3.8) is 0 Å². The number of benzene rings is 3. The average molecular weight is 568 g/mol. The molecule has 1 aliphatic heterocycles. The number of Topliss-reactive ketones (excluding diaryl/α,β-unsaturated/α-hetero) is 1. The summed E-state index contributed by atoms with van der Waals surface area (Å²) in [6.45, 7) is 3.02. The Hall–Kier alpha value is -5.45. The number of H-pyrrole nitrogens is 1. The lowest BCUT2D eigenvalue weighted by Gasteiger charge is -2.34. The van der Waals surface area contributed by atoms with Gasteiger partial charge in [-0.1, -0.05) is 42.5 Å². The maximum absolute atomic E-state index is 13.2. The summed E-state index contributed by atoms with van der Waals surface area (Å²) in [6, 6.07) is 19.8. The number of nitrogens with one attached hydrogen (secondary N) is 3. The fourth-order valence-corrected chi connectivity index (χ4v) is 4.84. The first-order valence-electron chi connectivity index (χ1n) is 13.5. The third-order valence-electron chi connectivity index (χ3n) is 6.95. The van der Waals surface area contributed by atoms with E-state index in [0.717, 1.165) is 0 Å². The molecule has 214 valence electrons. The Morgan fingerprint density at radius 1 is 0.762 bits per heavy atom. The van der Waals surface area contributed by atoms with Crippen molar-refractivity contribution < 1.29 is 28.7 Å². The molecule has 0 atom stereocenters. The zero-order valence-electron chi connectivity index (χ0n) is 22.9. The number of carbonyl (C=O) groups is 5. The zero-order valence-corrected chi connectivity index (χ0v) is 22.9. The predicted octanol–water partition coefficient (Wildman–Crippen LogP) is 4.16. The summed E-state index contributed by atoms with van der Waals surface area (Å²) in [5.74, 6) is -2.01. The second-order valence-electron chi connectivity index (χ2n) is 9.56. The highest BCUT2D eigenvalue weighted by atomic mass is 16.5. The lowest BCUT2D eigenvalue weighted by atomic mass is 10.1. The van der Waals surface area contributed by atoms with E-state index in [1.54, 1.807) is 78.6 Å². The highest BCUT2D eigenvalue weighted by molar-refractivity contribution is 6.45. The summed E-state index contributed by atoms with van der Waals surface area (Å²) in [5, 5.41) is 5.85. The highest BCUT2D eigenvalue weighted by Crippen LogP contribution is 2.27.